The van der Waals surface area contributed by atoms with E-state index in [2.05, 4.69) is 46.5 Å². The molecule has 3 atom stereocenters. The van der Waals surface area contributed by atoms with Gasteiger partial charge in [0, 0.05) is 0 Å². The predicted octanol–water partition coefficient (Wildman–Crippen LogP) is 3.66. The Morgan fingerprint density at radius 2 is 1.95 bits per heavy atom. The molecule has 0 fully saturated rings. The Balaban J connectivity index is 2.64. The van der Waals surface area contributed by atoms with E-state index in [0.717, 1.165) is 6.42 Å². The highest BCUT2D eigenvalue weighted by Gasteiger charge is 2.37. The molecule has 0 bridgehead atoms. The lowest BCUT2D eigenvalue weighted by Crippen LogP contribution is -2.44. The van der Waals surface area contributed by atoms with Crippen molar-refractivity contribution >= 4 is 8.32 Å². The zero-order chi connectivity index (χ0) is 15.4. The van der Waals surface area contributed by atoms with Gasteiger partial charge in [0.05, 0.1) is 18.8 Å². The highest BCUT2D eigenvalue weighted by atomic mass is 28.4. The fraction of sp³-hybridized carbons (Fsp3) is 0.750. The van der Waals surface area contributed by atoms with Crippen molar-refractivity contribution in [3.8, 4) is 0 Å². The fourth-order valence-corrected chi connectivity index (χ4v) is 2.86. The van der Waals surface area contributed by atoms with Gasteiger partial charge in [-0.25, -0.2) is 0 Å². The summed E-state index contributed by atoms with van der Waals surface area (Å²) in [7, 11) is -1.76. The first-order valence-electron chi connectivity index (χ1n) is 7.42. The molecule has 4 heteroatoms. The van der Waals surface area contributed by atoms with Gasteiger partial charge in [-0.1, -0.05) is 39.0 Å². The molecule has 0 aromatic rings. The van der Waals surface area contributed by atoms with E-state index in [1.807, 2.05) is 6.08 Å². The first-order chi connectivity index (χ1) is 9.17. The summed E-state index contributed by atoms with van der Waals surface area (Å²) in [5.74, 6) is 0. The Morgan fingerprint density at radius 3 is 2.50 bits per heavy atom. The molecule has 1 aliphatic heterocycles. The van der Waals surface area contributed by atoms with Gasteiger partial charge in [-0.05, 0) is 31.0 Å². The molecule has 1 rings (SSSR count). The Morgan fingerprint density at radius 1 is 1.35 bits per heavy atom. The zero-order valence-corrected chi connectivity index (χ0v) is 14.6. The number of ether oxygens (including phenoxy) is 1. The standard InChI is InChI=1S/C16H30O3Si/c1-7-15-14(17)11-9-8-10-13(19-15)12-18-20(5,6)16(2,3)4/h7-9,13-15,17H,1,10-12H2,2-6H3/b9-8-/t13-,14-,15-/m1/s1. The Bertz CT molecular complexity index is 344. The lowest BCUT2D eigenvalue weighted by atomic mass is 10.1. The van der Waals surface area contributed by atoms with Gasteiger partial charge in [0.1, 0.15) is 6.10 Å². The second kappa shape index (κ2) is 7.03. The third-order valence-electron chi connectivity index (χ3n) is 4.34. The molecule has 1 heterocycles. The lowest BCUT2D eigenvalue weighted by molar-refractivity contribution is -0.0672. The van der Waals surface area contributed by atoms with Crippen LogP contribution in [-0.2, 0) is 9.16 Å². The average Bonchev–Trinajstić information content (AvgIpc) is 2.32. The smallest absolute Gasteiger partial charge is 0.192 e. The molecule has 0 aromatic carbocycles. The van der Waals surface area contributed by atoms with E-state index in [0.29, 0.717) is 13.0 Å². The highest BCUT2D eigenvalue weighted by Crippen LogP contribution is 2.36. The van der Waals surface area contributed by atoms with Crippen molar-refractivity contribution in [2.24, 2.45) is 0 Å². The number of aliphatic hydroxyl groups excluding tert-OH is 1. The molecule has 116 valence electrons. The van der Waals surface area contributed by atoms with E-state index in [-0.39, 0.29) is 17.2 Å². The number of hydrogen-bond donors (Lipinski definition) is 1. The van der Waals surface area contributed by atoms with Crippen LogP contribution in [0.5, 0.6) is 0 Å². The summed E-state index contributed by atoms with van der Waals surface area (Å²) in [4.78, 5) is 0. The van der Waals surface area contributed by atoms with Crippen LogP contribution in [-0.4, -0.2) is 38.3 Å². The number of hydrogen-bond acceptors (Lipinski definition) is 3. The molecule has 20 heavy (non-hydrogen) atoms. The van der Waals surface area contributed by atoms with Crippen LogP contribution in [0.4, 0.5) is 0 Å². The van der Waals surface area contributed by atoms with Crippen molar-refractivity contribution in [1.82, 2.24) is 0 Å². The van der Waals surface area contributed by atoms with Crippen LogP contribution in [0.3, 0.4) is 0 Å². The molecule has 0 saturated carbocycles. The van der Waals surface area contributed by atoms with Crippen molar-refractivity contribution in [2.75, 3.05) is 6.61 Å². The minimum atomic E-state index is -1.76. The molecule has 0 amide bonds. The van der Waals surface area contributed by atoms with Gasteiger partial charge in [0.25, 0.3) is 0 Å². The second-order valence-electron chi connectivity index (χ2n) is 7.04. The van der Waals surface area contributed by atoms with Crippen LogP contribution in [0.15, 0.2) is 24.8 Å². The van der Waals surface area contributed by atoms with Gasteiger partial charge in [-0.3, -0.25) is 0 Å². The first kappa shape index (κ1) is 17.6. The molecule has 1 N–H and O–H groups in total. The van der Waals surface area contributed by atoms with Gasteiger partial charge < -0.3 is 14.3 Å². The topological polar surface area (TPSA) is 38.7 Å². The van der Waals surface area contributed by atoms with Gasteiger partial charge >= 0.3 is 0 Å². The predicted molar refractivity (Wildman–Crippen MR) is 86.4 cm³/mol. The molecule has 3 nitrogen and oxygen atoms in total. The molecule has 0 radical (unpaired) electrons. The molecular formula is C16H30O3Si. The van der Waals surface area contributed by atoms with Gasteiger partial charge in [-0.2, -0.15) is 0 Å². The van der Waals surface area contributed by atoms with Crippen LogP contribution >= 0.6 is 0 Å². The summed E-state index contributed by atoms with van der Waals surface area (Å²) in [6.07, 6.45) is 6.37. The molecule has 1 aliphatic rings. The van der Waals surface area contributed by atoms with Gasteiger partial charge in [-0.15, -0.1) is 6.58 Å². The third kappa shape index (κ3) is 4.84. The maximum Gasteiger partial charge on any atom is 0.192 e. The van der Waals surface area contributed by atoms with E-state index < -0.39 is 14.4 Å². The number of aliphatic hydroxyl groups is 1. The van der Waals surface area contributed by atoms with Crippen LogP contribution in [0.1, 0.15) is 33.6 Å². The van der Waals surface area contributed by atoms with E-state index >= 15 is 0 Å². The SMILES string of the molecule is C=C[C@H]1O[C@@H](CO[Si](C)(C)C(C)(C)C)C/C=C\C[C@H]1O. The monoisotopic (exact) mass is 298 g/mol. The molecule has 0 aromatic heterocycles. The van der Waals surface area contributed by atoms with Crippen molar-refractivity contribution in [2.45, 2.75) is 70.1 Å². The third-order valence-corrected chi connectivity index (χ3v) is 8.84. The summed E-state index contributed by atoms with van der Waals surface area (Å²) >= 11 is 0. The van der Waals surface area contributed by atoms with Crippen LogP contribution in [0.2, 0.25) is 18.1 Å². The largest absolute Gasteiger partial charge is 0.414 e. The first-order valence-corrected chi connectivity index (χ1v) is 10.3. The zero-order valence-electron chi connectivity index (χ0n) is 13.6. The molecule has 0 unspecified atom stereocenters. The fourth-order valence-electron chi connectivity index (χ4n) is 1.82. The maximum absolute atomic E-state index is 9.97. The van der Waals surface area contributed by atoms with E-state index in [9.17, 15) is 5.11 Å². The maximum atomic E-state index is 9.97. The minimum Gasteiger partial charge on any atom is -0.414 e. The van der Waals surface area contributed by atoms with Crippen molar-refractivity contribution in [3.63, 3.8) is 0 Å². The summed E-state index contributed by atoms with van der Waals surface area (Å²) < 4.78 is 12.2. The lowest BCUT2D eigenvalue weighted by Gasteiger charge is -2.38. The number of rotatable bonds is 4. The van der Waals surface area contributed by atoms with Gasteiger partial charge in [0.2, 0.25) is 0 Å². The van der Waals surface area contributed by atoms with E-state index in [1.54, 1.807) is 6.08 Å². The average molecular weight is 298 g/mol. The quantitative estimate of drug-likeness (QED) is 0.636. The van der Waals surface area contributed by atoms with Crippen LogP contribution in [0, 0.1) is 0 Å². The van der Waals surface area contributed by atoms with Crippen molar-refractivity contribution in [3.05, 3.63) is 24.8 Å². The Labute approximate surface area is 124 Å². The van der Waals surface area contributed by atoms with Crippen molar-refractivity contribution in [1.29, 1.82) is 0 Å². The van der Waals surface area contributed by atoms with E-state index in [4.69, 9.17) is 9.16 Å². The van der Waals surface area contributed by atoms with E-state index in [1.165, 1.54) is 0 Å². The molecule has 0 aliphatic carbocycles. The van der Waals surface area contributed by atoms with Crippen LogP contribution < -0.4 is 0 Å². The van der Waals surface area contributed by atoms with Crippen LogP contribution in [0.25, 0.3) is 0 Å². The second-order valence-corrected chi connectivity index (χ2v) is 11.8. The summed E-state index contributed by atoms with van der Waals surface area (Å²) in [6, 6.07) is 0. The Hall–Kier alpha value is -0.423. The van der Waals surface area contributed by atoms with Gasteiger partial charge in [0.15, 0.2) is 8.32 Å². The summed E-state index contributed by atoms with van der Waals surface area (Å²) in [5.41, 5.74) is 0. The molecule has 0 spiro atoms. The molecule has 0 saturated heterocycles. The minimum absolute atomic E-state index is 0.0154. The highest BCUT2D eigenvalue weighted by molar-refractivity contribution is 6.74. The van der Waals surface area contributed by atoms with Crippen molar-refractivity contribution < 1.29 is 14.3 Å². The normalized spacial score (nSPS) is 30.4. The Kier molecular flexibility index (Phi) is 6.19. The molecular weight excluding hydrogens is 268 g/mol. The summed E-state index contributed by atoms with van der Waals surface area (Å²) in [5, 5.41) is 10.2. The summed E-state index contributed by atoms with van der Waals surface area (Å²) in [6.45, 7) is 15.5.